The zero-order valence-corrected chi connectivity index (χ0v) is 11.4. The van der Waals surface area contributed by atoms with Crippen LogP contribution in [0.3, 0.4) is 0 Å². The van der Waals surface area contributed by atoms with Gasteiger partial charge in [0.15, 0.2) is 0 Å². The Labute approximate surface area is 121 Å². The summed E-state index contributed by atoms with van der Waals surface area (Å²) < 4.78 is 13.0. The fourth-order valence-electron chi connectivity index (χ4n) is 1.67. The minimum absolute atomic E-state index is 0.255. The SMILES string of the molecule is O=C(/C=C/c1cccc(F)c1)NCc1ccccc1Cl. The molecule has 2 aromatic rings. The molecule has 0 aromatic heterocycles. The molecular weight excluding hydrogens is 277 g/mol. The highest BCUT2D eigenvalue weighted by atomic mass is 35.5. The molecule has 1 amide bonds. The molecule has 0 unspecified atom stereocenters. The maximum atomic E-state index is 13.0. The molecule has 0 atom stereocenters. The number of rotatable bonds is 4. The first-order chi connectivity index (χ1) is 9.65. The van der Waals surface area contributed by atoms with Gasteiger partial charge < -0.3 is 5.32 Å². The molecule has 0 radical (unpaired) electrons. The van der Waals surface area contributed by atoms with Gasteiger partial charge in [0.2, 0.25) is 5.91 Å². The van der Waals surface area contributed by atoms with Crippen molar-refractivity contribution >= 4 is 23.6 Å². The molecule has 0 bridgehead atoms. The molecule has 0 aliphatic carbocycles. The van der Waals surface area contributed by atoms with Crippen molar-refractivity contribution in [3.05, 3.63) is 76.6 Å². The van der Waals surface area contributed by atoms with Crippen LogP contribution in [0.5, 0.6) is 0 Å². The van der Waals surface area contributed by atoms with Crippen LogP contribution in [0.2, 0.25) is 5.02 Å². The number of benzene rings is 2. The summed E-state index contributed by atoms with van der Waals surface area (Å²) in [5.41, 5.74) is 1.49. The third-order valence-electron chi connectivity index (χ3n) is 2.69. The van der Waals surface area contributed by atoms with E-state index in [1.165, 1.54) is 18.2 Å². The Balaban J connectivity index is 1.91. The average molecular weight is 290 g/mol. The highest BCUT2D eigenvalue weighted by Gasteiger charge is 2.00. The molecular formula is C16H13ClFNO. The zero-order valence-electron chi connectivity index (χ0n) is 10.6. The smallest absolute Gasteiger partial charge is 0.244 e. The molecule has 0 saturated carbocycles. The largest absolute Gasteiger partial charge is 0.348 e. The van der Waals surface area contributed by atoms with Crippen LogP contribution in [0.15, 0.2) is 54.6 Å². The van der Waals surface area contributed by atoms with Crippen molar-refractivity contribution in [2.75, 3.05) is 0 Å². The van der Waals surface area contributed by atoms with Gasteiger partial charge in [0, 0.05) is 17.6 Å². The Morgan fingerprint density at radius 2 is 2.00 bits per heavy atom. The van der Waals surface area contributed by atoms with Crippen molar-refractivity contribution in [3.63, 3.8) is 0 Å². The van der Waals surface area contributed by atoms with Gasteiger partial charge in [-0.05, 0) is 35.4 Å². The lowest BCUT2D eigenvalue weighted by atomic mass is 10.2. The predicted molar refractivity (Wildman–Crippen MR) is 78.7 cm³/mol. The summed E-state index contributed by atoms with van der Waals surface area (Å²) in [6.45, 7) is 0.353. The lowest BCUT2D eigenvalue weighted by Crippen LogP contribution is -2.20. The van der Waals surface area contributed by atoms with Crippen molar-refractivity contribution < 1.29 is 9.18 Å². The Morgan fingerprint density at radius 3 is 2.75 bits per heavy atom. The Morgan fingerprint density at radius 1 is 1.20 bits per heavy atom. The van der Waals surface area contributed by atoms with Crippen LogP contribution in [-0.2, 0) is 11.3 Å². The second kappa shape index (κ2) is 6.87. The highest BCUT2D eigenvalue weighted by molar-refractivity contribution is 6.31. The van der Waals surface area contributed by atoms with Crippen molar-refractivity contribution in [2.24, 2.45) is 0 Å². The van der Waals surface area contributed by atoms with Crippen molar-refractivity contribution in [2.45, 2.75) is 6.54 Å². The van der Waals surface area contributed by atoms with Gasteiger partial charge in [-0.25, -0.2) is 4.39 Å². The number of hydrogen-bond acceptors (Lipinski definition) is 1. The third kappa shape index (κ3) is 4.21. The Hall–Kier alpha value is -2.13. The van der Waals surface area contributed by atoms with E-state index in [1.807, 2.05) is 18.2 Å². The third-order valence-corrected chi connectivity index (χ3v) is 3.06. The number of amides is 1. The van der Waals surface area contributed by atoms with Gasteiger partial charge in [-0.3, -0.25) is 4.79 Å². The predicted octanol–water partition coefficient (Wildman–Crippen LogP) is 3.81. The molecule has 0 aliphatic heterocycles. The normalized spacial score (nSPS) is 10.7. The molecule has 0 spiro atoms. The number of hydrogen-bond donors (Lipinski definition) is 1. The van der Waals surface area contributed by atoms with Gasteiger partial charge in [0.05, 0.1) is 0 Å². The standard InChI is InChI=1S/C16H13ClFNO/c17-15-7-2-1-5-13(15)11-19-16(20)9-8-12-4-3-6-14(18)10-12/h1-10H,11H2,(H,19,20)/b9-8+. The minimum Gasteiger partial charge on any atom is -0.348 e. The first-order valence-electron chi connectivity index (χ1n) is 6.10. The van der Waals surface area contributed by atoms with E-state index in [4.69, 9.17) is 11.6 Å². The average Bonchev–Trinajstić information content (AvgIpc) is 2.44. The van der Waals surface area contributed by atoms with Crippen LogP contribution < -0.4 is 5.32 Å². The van der Waals surface area contributed by atoms with Crippen LogP contribution in [0.1, 0.15) is 11.1 Å². The van der Waals surface area contributed by atoms with Gasteiger partial charge in [0.25, 0.3) is 0 Å². The van der Waals surface area contributed by atoms with Gasteiger partial charge >= 0.3 is 0 Å². The lowest BCUT2D eigenvalue weighted by Gasteiger charge is -2.04. The van der Waals surface area contributed by atoms with E-state index in [1.54, 1.807) is 24.3 Å². The van der Waals surface area contributed by atoms with Crippen LogP contribution in [-0.4, -0.2) is 5.91 Å². The molecule has 0 saturated heterocycles. The maximum absolute atomic E-state index is 13.0. The van der Waals surface area contributed by atoms with E-state index < -0.39 is 0 Å². The number of carbonyl (C=O) groups is 1. The molecule has 102 valence electrons. The summed E-state index contributed by atoms with van der Waals surface area (Å²) in [6.07, 6.45) is 2.93. The van der Waals surface area contributed by atoms with Gasteiger partial charge in [-0.2, -0.15) is 0 Å². The summed E-state index contributed by atoms with van der Waals surface area (Å²) in [5.74, 6) is -0.585. The molecule has 0 fully saturated rings. The van der Waals surface area contributed by atoms with Crippen molar-refractivity contribution in [3.8, 4) is 0 Å². The summed E-state index contributed by atoms with van der Waals surface area (Å²) in [5, 5.41) is 3.33. The topological polar surface area (TPSA) is 29.1 Å². The van der Waals surface area contributed by atoms with Gasteiger partial charge in [-0.15, -0.1) is 0 Å². The summed E-state index contributed by atoms with van der Waals surface area (Å²) in [7, 11) is 0. The summed E-state index contributed by atoms with van der Waals surface area (Å²) in [6, 6.07) is 13.3. The van der Waals surface area contributed by atoms with E-state index in [0.29, 0.717) is 17.1 Å². The molecule has 1 N–H and O–H groups in total. The first-order valence-corrected chi connectivity index (χ1v) is 6.48. The van der Waals surface area contributed by atoms with Crippen molar-refractivity contribution in [1.82, 2.24) is 5.32 Å². The second-order valence-corrected chi connectivity index (χ2v) is 4.60. The zero-order chi connectivity index (χ0) is 14.4. The summed E-state index contributed by atoms with van der Waals surface area (Å²) >= 11 is 5.99. The summed E-state index contributed by atoms with van der Waals surface area (Å²) in [4.78, 5) is 11.7. The highest BCUT2D eigenvalue weighted by Crippen LogP contribution is 2.14. The van der Waals surface area contributed by atoms with E-state index >= 15 is 0 Å². The Bertz CT molecular complexity index is 640. The number of nitrogens with one attached hydrogen (secondary N) is 1. The number of halogens is 2. The monoisotopic (exact) mass is 289 g/mol. The van der Waals surface area contributed by atoms with Crippen LogP contribution in [0.4, 0.5) is 4.39 Å². The number of carbonyl (C=O) groups excluding carboxylic acids is 1. The molecule has 0 aliphatic rings. The quantitative estimate of drug-likeness (QED) is 0.852. The molecule has 20 heavy (non-hydrogen) atoms. The van der Waals surface area contributed by atoms with E-state index in [0.717, 1.165) is 5.56 Å². The van der Waals surface area contributed by atoms with E-state index in [-0.39, 0.29) is 11.7 Å². The Kier molecular flexibility index (Phi) is 4.91. The second-order valence-electron chi connectivity index (χ2n) is 4.20. The fraction of sp³-hybridized carbons (Fsp3) is 0.0625. The van der Waals surface area contributed by atoms with E-state index in [2.05, 4.69) is 5.32 Å². The van der Waals surface area contributed by atoms with Gasteiger partial charge in [-0.1, -0.05) is 41.9 Å². The van der Waals surface area contributed by atoms with Gasteiger partial charge in [0.1, 0.15) is 5.82 Å². The van der Waals surface area contributed by atoms with Crippen LogP contribution in [0.25, 0.3) is 6.08 Å². The van der Waals surface area contributed by atoms with Crippen molar-refractivity contribution in [1.29, 1.82) is 0 Å². The van der Waals surface area contributed by atoms with Crippen LogP contribution in [0, 0.1) is 5.82 Å². The fourth-order valence-corrected chi connectivity index (χ4v) is 1.87. The van der Waals surface area contributed by atoms with E-state index in [9.17, 15) is 9.18 Å². The molecule has 2 aromatic carbocycles. The lowest BCUT2D eigenvalue weighted by molar-refractivity contribution is -0.116. The molecule has 2 rings (SSSR count). The maximum Gasteiger partial charge on any atom is 0.244 e. The first kappa shape index (κ1) is 14.3. The molecule has 0 heterocycles. The molecule has 2 nitrogen and oxygen atoms in total. The molecule has 4 heteroatoms. The minimum atomic E-state index is -0.330. The van der Waals surface area contributed by atoms with Crippen LogP contribution >= 0.6 is 11.6 Å².